The van der Waals surface area contributed by atoms with E-state index in [0.29, 0.717) is 5.92 Å². The first-order valence-electron chi connectivity index (χ1n) is 8.42. The van der Waals surface area contributed by atoms with Crippen molar-refractivity contribution >= 4 is 5.96 Å². The fourth-order valence-electron chi connectivity index (χ4n) is 3.00. The van der Waals surface area contributed by atoms with Crippen LogP contribution in [0.1, 0.15) is 17.9 Å². The predicted octanol–water partition coefficient (Wildman–Crippen LogP) is 1.63. The van der Waals surface area contributed by atoms with E-state index in [1.165, 1.54) is 12.0 Å². The zero-order valence-corrected chi connectivity index (χ0v) is 14.7. The Morgan fingerprint density at radius 3 is 2.83 bits per heavy atom. The van der Waals surface area contributed by atoms with Crippen molar-refractivity contribution in [2.45, 2.75) is 12.3 Å². The largest absolute Gasteiger partial charge is 0.383 e. The number of nitrogens with one attached hydrogen (secondary N) is 1. The Bertz CT molecular complexity index is 477. The van der Waals surface area contributed by atoms with Gasteiger partial charge in [0.25, 0.3) is 0 Å². The molecular weight excluding hydrogens is 288 g/mol. The lowest BCUT2D eigenvalue weighted by atomic mass is 9.99. The van der Waals surface area contributed by atoms with Crippen molar-refractivity contribution in [3.8, 4) is 0 Å². The molecule has 0 amide bonds. The average Bonchev–Trinajstić information content (AvgIpc) is 3.07. The first-order valence-corrected chi connectivity index (χ1v) is 8.42. The predicted molar refractivity (Wildman–Crippen MR) is 96.1 cm³/mol. The first kappa shape index (κ1) is 17.8. The molecule has 5 heteroatoms. The van der Waals surface area contributed by atoms with Crippen molar-refractivity contribution in [2.75, 3.05) is 60.5 Å². The van der Waals surface area contributed by atoms with Crippen molar-refractivity contribution in [3.05, 3.63) is 35.9 Å². The van der Waals surface area contributed by atoms with Crippen LogP contribution in [0.25, 0.3) is 0 Å². The maximum absolute atomic E-state index is 5.10. The van der Waals surface area contributed by atoms with E-state index in [1.807, 2.05) is 7.05 Å². The van der Waals surface area contributed by atoms with E-state index < -0.39 is 0 Å². The van der Waals surface area contributed by atoms with Gasteiger partial charge in [-0.25, -0.2) is 0 Å². The maximum Gasteiger partial charge on any atom is 0.193 e. The molecule has 1 atom stereocenters. The number of rotatable bonds is 7. The van der Waals surface area contributed by atoms with Gasteiger partial charge in [0.2, 0.25) is 0 Å². The highest BCUT2D eigenvalue weighted by molar-refractivity contribution is 5.80. The SMILES string of the molecule is CN=C(NCCN(C)CCOC)N1CCC(c2ccccc2)C1. The number of likely N-dealkylation sites (tertiary alicyclic amines) is 1. The van der Waals surface area contributed by atoms with Gasteiger partial charge in [-0.1, -0.05) is 30.3 Å². The van der Waals surface area contributed by atoms with Gasteiger partial charge in [0.1, 0.15) is 0 Å². The summed E-state index contributed by atoms with van der Waals surface area (Å²) >= 11 is 0. The van der Waals surface area contributed by atoms with Gasteiger partial charge in [-0.3, -0.25) is 4.99 Å². The van der Waals surface area contributed by atoms with Crippen molar-refractivity contribution < 1.29 is 4.74 Å². The van der Waals surface area contributed by atoms with Crippen LogP contribution in [0.2, 0.25) is 0 Å². The number of nitrogens with zero attached hydrogens (tertiary/aromatic N) is 3. The molecule has 0 saturated carbocycles. The Kier molecular flexibility index (Phi) is 7.36. The first-order chi connectivity index (χ1) is 11.2. The topological polar surface area (TPSA) is 40.1 Å². The van der Waals surface area contributed by atoms with Gasteiger partial charge in [0, 0.05) is 52.8 Å². The minimum Gasteiger partial charge on any atom is -0.383 e. The van der Waals surface area contributed by atoms with E-state index in [2.05, 4.69) is 57.5 Å². The molecule has 0 spiro atoms. The third-order valence-electron chi connectivity index (χ3n) is 4.42. The number of ether oxygens (including phenoxy) is 1. The molecule has 1 saturated heterocycles. The van der Waals surface area contributed by atoms with Crippen LogP contribution < -0.4 is 5.32 Å². The lowest BCUT2D eigenvalue weighted by molar-refractivity contribution is 0.162. The molecule has 1 aromatic carbocycles. The standard InChI is InChI=1S/C18H30N4O/c1-19-18(20-10-12-21(2)13-14-23-3)22-11-9-17(15-22)16-7-5-4-6-8-16/h4-8,17H,9-15H2,1-3H3,(H,19,20). The summed E-state index contributed by atoms with van der Waals surface area (Å²) in [5, 5.41) is 3.48. The third-order valence-corrected chi connectivity index (χ3v) is 4.42. The summed E-state index contributed by atoms with van der Waals surface area (Å²) in [6, 6.07) is 10.8. The minimum absolute atomic E-state index is 0.610. The lowest BCUT2D eigenvalue weighted by Crippen LogP contribution is -2.43. The van der Waals surface area contributed by atoms with Crippen molar-refractivity contribution in [1.82, 2.24) is 15.1 Å². The highest BCUT2D eigenvalue weighted by Gasteiger charge is 2.25. The number of hydrogen-bond acceptors (Lipinski definition) is 3. The van der Waals surface area contributed by atoms with E-state index >= 15 is 0 Å². The molecule has 1 fully saturated rings. The minimum atomic E-state index is 0.610. The van der Waals surface area contributed by atoms with E-state index in [-0.39, 0.29) is 0 Å². The van der Waals surface area contributed by atoms with Gasteiger partial charge in [-0.2, -0.15) is 0 Å². The van der Waals surface area contributed by atoms with Crippen molar-refractivity contribution in [1.29, 1.82) is 0 Å². The molecule has 1 N–H and O–H groups in total. The highest BCUT2D eigenvalue weighted by atomic mass is 16.5. The van der Waals surface area contributed by atoms with Gasteiger partial charge in [0.05, 0.1) is 6.61 Å². The smallest absolute Gasteiger partial charge is 0.193 e. The molecular formula is C18H30N4O. The van der Waals surface area contributed by atoms with Crippen LogP contribution in [-0.4, -0.2) is 76.3 Å². The molecule has 1 aliphatic rings. The zero-order valence-electron chi connectivity index (χ0n) is 14.7. The van der Waals surface area contributed by atoms with Crippen molar-refractivity contribution in [3.63, 3.8) is 0 Å². The van der Waals surface area contributed by atoms with Crippen LogP contribution >= 0.6 is 0 Å². The van der Waals surface area contributed by atoms with Crippen LogP contribution in [0.3, 0.4) is 0 Å². The molecule has 0 aliphatic carbocycles. The highest BCUT2D eigenvalue weighted by Crippen LogP contribution is 2.26. The Labute approximate surface area is 140 Å². The van der Waals surface area contributed by atoms with Crippen LogP contribution in [0, 0.1) is 0 Å². The fraction of sp³-hybridized carbons (Fsp3) is 0.611. The number of hydrogen-bond donors (Lipinski definition) is 1. The number of likely N-dealkylation sites (N-methyl/N-ethyl adjacent to an activating group) is 1. The average molecular weight is 318 g/mol. The molecule has 2 rings (SSSR count). The van der Waals surface area contributed by atoms with Gasteiger partial charge < -0.3 is 19.9 Å². The Morgan fingerprint density at radius 1 is 1.35 bits per heavy atom. The van der Waals surface area contributed by atoms with E-state index in [1.54, 1.807) is 7.11 Å². The summed E-state index contributed by atoms with van der Waals surface area (Å²) in [5.74, 6) is 1.63. The van der Waals surface area contributed by atoms with Gasteiger partial charge >= 0.3 is 0 Å². The number of methoxy groups -OCH3 is 1. The maximum atomic E-state index is 5.10. The summed E-state index contributed by atoms with van der Waals surface area (Å²) in [7, 11) is 5.72. The second-order valence-electron chi connectivity index (χ2n) is 6.11. The second-order valence-corrected chi connectivity index (χ2v) is 6.11. The lowest BCUT2D eigenvalue weighted by Gasteiger charge is -2.23. The molecule has 128 valence electrons. The number of benzene rings is 1. The van der Waals surface area contributed by atoms with E-state index in [9.17, 15) is 0 Å². The van der Waals surface area contributed by atoms with Crippen LogP contribution in [0.4, 0.5) is 0 Å². The van der Waals surface area contributed by atoms with E-state index in [0.717, 1.165) is 45.3 Å². The molecule has 5 nitrogen and oxygen atoms in total. The van der Waals surface area contributed by atoms with Crippen LogP contribution in [-0.2, 0) is 4.74 Å². The quantitative estimate of drug-likeness (QED) is 0.613. The molecule has 0 aromatic heterocycles. The number of guanidine groups is 1. The number of aliphatic imine (C=N–C) groups is 1. The summed E-state index contributed by atoms with van der Waals surface area (Å²) in [6.07, 6.45) is 1.19. The van der Waals surface area contributed by atoms with Crippen molar-refractivity contribution in [2.24, 2.45) is 4.99 Å². The van der Waals surface area contributed by atoms with Gasteiger partial charge in [0.15, 0.2) is 5.96 Å². The molecule has 1 aliphatic heterocycles. The van der Waals surface area contributed by atoms with Crippen LogP contribution in [0.5, 0.6) is 0 Å². The normalized spacial score (nSPS) is 18.7. The van der Waals surface area contributed by atoms with Gasteiger partial charge in [-0.15, -0.1) is 0 Å². The summed E-state index contributed by atoms with van der Waals surface area (Å²) < 4.78 is 5.10. The van der Waals surface area contributed by atoms with Crippen LogP contribution in [0.15, 0.2) is 35.3 Å². The summed E-state index contributed by atoms with van der Waals surface area (Å²) in [6.45, 7) is 5.73. The molecule has 1 aromatic rings. The fourth-order valence-corrected chi connectivity index (χ4v) is 3.00. The molecule has 1 unspecified atom stereocenters. The second kappa shape index (κ2) is 9.53. The third kappa shape index (κ3) is 5.52. The Hall–Kier alpha value is -1.59. The summed E-state index contributed by atoms with van der Waals surface area (Å²) in [4.78, 5) is 9.08. The summed E-state index contributed by atoms with van der Waals surface area (Å²) in [5.41, 5.74) is 1.43. The molecule has 0 radical (unpaired) electrons. The molecule has 0 bridgehead atoms. The van der Waals surface area contributed by atoms with Gasteiger partial charge in [-0.05, 0) is 19.0 Å². The monoisotopic (exact) mass is 318 g/mol. The van der Waals surface area contributed by atoms with E-state index in [4.69, 9.17) is 4.74 Å². The molecule has 1 heterocycles. The Morgan fingerprint density at radius 2 is 2.13 bits per heavy atom. The molecule has 23 heavy (non-hydrogen) atoms. The Balaban J connectivity index is 1.76. The zero-order chi connectivity index (χ0) is 16.5.